The molecule has 0 amide bonds. The molecule has 3 heteroatoms. The maximum absolute atomic E-state index is 11.1. The predicted molar refractivity (Wildman–Crippen MR) is 66.7 cm³/mol. The van der Waals surface area contributed by atoms with E-state index in [0.717, 1.165) is 6.42 Å². The summed E-state index contributed by atoms with van der Waals surface area (Å²) in [6, 6.07) is 8.80. The first-order valence-corrected chi connectivity index (χ1v) is 5.82. The number of rotatable bonds is 5. The Morgan fingerprint density at radius 3 is 3.00 bits per heavy atom. The van der Waals surface area contributed by atoms with Crippen molar-refractivity contribution in [3.63, 3.8) is 0 Å². The van der Waals surface area contributed by atoms with Crippen molar-refractivity contribution < 1.29 is 9.53 Å². The molecule has 0 radical (unpaired) electrons. The molecule has 17 heavy (non-hydrogen) atoms. The minimum atomic E-state index is -0.319. The fourth-order valence-corrected chi connectivity index (χ4v) is 1.94. The molecule has 90 valence electrons. The molecule has 1 aliphatic rings. The fourth-order valence-electron chi connectivity index (χ4n) is 1.94. The van der Waals surface area contributed by atoms with Gasteiger partial charge in [-0.3, -0.25) is 0 Å². The number of carbonyl (C=O) groups is 1. The molecular weight excluding hydrogens is 214 g/mol. The number of benzene rings is 1. The van der Waals surface area contributed by atoms with Gasteiger partial charge in [0.25, 0.3) is 0 Å². The lowest BCUT2D eigenvalue weighted by Crippen LogP contribution is -2.33. The molecule has 0 saturated carbocycles. The van der Waals surface area contributed by atoms with Crippen molar-refractivity contribution in [1.29, 1.82) is 0 Å². The Morgan fingerprint density at radius 1 is 1.53 bits per heavy atom. The first-order valence-electron chi connectivity index (χ1n) is 5.82. The highest BCUT2D eigenvalue weighted by atomic mass is 16.5. The fraction of sp³-hybridized carbons (Fsp3) is 0.357. The number of hydrogen-bond acceptors (Lipinski definition) is 3. The second-order valence-corrected chi connectivity index (χ2v) is 4.33. The van der Waals surface area contributed by atoms with Gasteiger partial charge in [0, 0.05) is 18.2 Å². The van der Waals surface area contributed by atoms with Crippen molar-refractivity contribution in [2.24, 2.45) is 0 Å². The van der Waals surface area contributed by atoms with Gasteiger partial charge in [-0.2, -0.15) is 0 Å². The van der Waals surface area contributed by atoms with E-state index in [2.05, 4.69) is 30.1 Å². The Hall–Kier alpha value is -1.61. The van der Waals surface area contributed by atoms with Crippen LogP contribution in [0.3, 0.4) is 0 Å². The van der Waals surface area contributed by atoms with Crippen LogP contribution in [-0.4, -0.2) is 19.1 Å². The van der Waals surface area contributed by atoms with Gasteiger partial charge in [0.2, 0.25) is 0 Å². The average Bonchev–Trinajstić information content (AvgIpc) is 2.29. The second-order valence-electron chi connectivity index (χ2n) is 4.33. The van der Waals surface area contributed by atoms with Crippen LogP contribution in [0.15, 0.2) is 36.4 Å². The second kappa shape index (κ2) is 5.15. The Morgan fingerprint density at radius 2 is 2.29 bits per heavy atom. The maximum atomic E-state index is 11.1. The summed E-state index contributed by atoms with van der Waals surface area (Å²) in [5.74, 6) is -0.319. The lowest BCUT2D eigenvalue weighted by Gasteiger charge is -2.30. The molecule has 0 aromatic heterocycles. The standard InChI is InChI=1S/C14H17NO2/c1-10(2)14(16)17-8-7-15-13-9-11-5-3-4-6-12(11)13/h3-6,13,15H,1,7-9H2,2H3. The van der Waals surface area contributed by atoms with E-state index in [-0.39, 0.29) is 5.97 Å². The van der Waals surface area contributed by atoms with E-state index >= 15 is 0 Å². The highest BCUT2D eigenvalue weighted by Crippen LogP contribution is 2.32. The van der Waals surface area contributed by atoms with Crippen LogP contribution in [0.5, 0.6) is 0 Å². The summed E-state index contributed by atoms with van der Waals surface area (Å²) >= 11 is 0. The zero-order valence-corrected chi connectivity index (χ0v) is 10.0. The highest BCUT2D eigenvalue weighted by Gasteiger charge is 2.24. The molecule has 1 unspecified atom stereocenters. The van der Waals surface area contributed by atoms with Gasteiger partial charge in [-0.1, -0.05) is 30.8 Å². The lowest BCUT2D eigenvalue weighted by molar-refractivity contribution is -0.138. The molecule has 2 rings (SSSR count). The highest BCUT2D eigenvalue weighted by molar-refractivity contribution is 5.86. The van der Waals surface area contributed by atoms with E-state index in [9.17, 15) is 4.79 Å². The molecule has 1 aromatic carbocycles. The summed E-state index contributed by atoms with van der Waals surface area (Å²) in [7, 11) is 0. The Balaban J connectivity index is 1.68. The van der Waals surface area contributed by atoms with Crippen molar-refractivity contribution in [2.75, 3.05) is 13.2 Å². The minimum absolute atomic E-state index is 0.319. The summed E-state index contributed by atoms with van der Waals surface area (Å²) in [5.41, 5.74) is 3.21. The van der Waals surface area contributed by atoms with Crippen LogP contribution in [0, 0.1) is 0 Å². The normalized spacial score (nSPS) is 16.9. The molecule has 1 N–H and O–H groups in total. The van der Waals surface area contributed by atoms with Gasteiger partial charge in [0.15, 0.2) is 0 Å². The maximum Gasteiger partial charge on any atom is 0.333 e. The summed E-state index contributed by atoms with van der Waals surface area (Å²) < 4.78 is 5.01. The SMILES string of the molecule is C=C(C)C(=O)OCCNC1Cc2ccccc21. The number of carbonyl (C=O) groups excluding carboxylic acids is 1. The Bertz CT molecular complexity index is 440. The third-order valence-corrected chi connectivity index (χ3v) is 2.93. The van der Waals surface area contributed by atoms with Crippen LogP contribution in [0.25, 0.3) is 0 Å². The first kappa shape index (κ1) is 11.9. The van der Waals surface area contributed by atoms with Gasteiger partial charge >= 0.3 is 5.97 Å². The zero-order chi connectivity index (χ0) is 12.3. The molecule has 0 bridgehead atoms. The largest absolute Gasteiger partial charge is 0.461 e. The van der Waals surface area contributed by atoms with E-state index < -0.39 is 0 Å². The van der Waals surface area contributed by atoms with Gasteiger partial charge in [-0.05, 0) is 24.5 Å². The van der Waals surface area contributed by atoms with E-state index in [4.69, 9.17) is 4.74 Å². The number of esters is 1. The molecule has 0 heterocycles. The van der Waals surface area contributed by atoms with E-state index in [0.29, 0.717) is 24.8 Å². The van der Waals surface area contributed by atoms with Crippen molar-refractivity contribution in [2.45, 2.75) is 19.4 Å². The Kier molecular flexibility index (Phi) is 3.59. The molecule has 0 spiro atoms. The lowest BCUT2D eigenvalue weighted by atomic mass is 9.83. The number of nitrogens with one attached hydrogen (secondary N) is 1. The molecule has 3 nitrogen and oxygen atoms in total. The summed E-state index contributed by atoms with van der Waals surface area (Å²) in [5, 5.41) is 3.36. The predicted octanol–water partition coefficient (Wildman–Crippen LogP) is 1.99. The van der Waals surface area contributed by atoms with Crippen LogP contribution < -0.4 is 5.32 Å². The van der Waals surface area contributed by atoms with Crippen LogP contribution in [0.4, 0.5) is 0 Å². The van der Waals surface area contributed by atoms with Crippen LogP contribution in [-0.2, 0) is 16.0 Å². The van der Waals surface area contributed by atoms with Crippen LogP contribution in [0.2, 0.25) is 0 Å². The van der Waals surface area contributed by atoms with E-state index in [1.165, 1.54) is 11.1 Å². The molecule has 1 atom stereocenters. The van der Waals surface area contributed by atoms with E-state index in [1.807, 2.05) is 6.07 Å². The van der Waals surface area contributed by atoms with Gasteiger partial charge in [-0.25, -0.2) is 4.79 Å². The minimum Gasteiger partial charge on any atom is -0.461 e. The van der Waals surface area contributed by atoms with E-state index in [1.54, 1.807) is 6.92 Å². The Labute approximate surface area is 101 Å². The molecule has 1 aliphatic carbocycles. The van der Waals surface area contributed by atoms with Crippen LogP contribution >= 0.6 is 0 Å². The monoisotopic (exact) mass is 231 g/mol. The van der Waals surface area contributed by atoms with Crippen molar-refractivity contribution in [3.05, 3.63) is 47.5 Å². The van der Waals surface area contributed by atoms with Crippen molar-refractivity contribution in [3.8, 4) is 0 Å². The topological polar surface area (TPSA) is 38.3 Å². The summed E-state index contributed by atoms with van der Waals surface area (Å²) in [6.45, 7) is 6.25. The zero-order valence-electron chi connectivity index (χ0n) is 10.0. The molecule has 1 aromatic rings. The van der Waals surface area contributed by atoms with Crippen LogP contribution in [0.1, 0.15) is 24.1 Å². The molecule has 0 saturated heterocycles. The number of fused-ring (bicyclic) bond motifs is 1. The van der Waals surface area contributed by atoms with Gasteiger partial charge in [0.05, 0.1) is 0 Å². The smallest absolute Gasteiger partial charge is 0.333 e. The summed E-state index contributed by atoms with van der Waals surface area (Å²) in [4.78, 5) is 11.1. The van der Waals surface area contributed by atoms with Crippen molar-refractivity contribution in [1.82, 2.24) is 5.32 Å². The van der Waals surface area contributed by atoms with Crippen molar-refractivity contribution >= 4 is 5.97 Å². The molecule has 0 fully saturated rings. The molecule has 0 aliphatic heterocycles. The molecular formula is C14H17NO2. The number of ether oxygens (including phenoxy) is 1. The average molecular weight is 231 g/mol. The van der Waals surface area contributed by atoms with Gasteiger partial charge < -0.3 is 10.1 Å². The summed E-state index contributed by atoms with van der Waals surface area (Å²) in [6.07, 6.45) is 1.06. The third kappa shape index (κ3) is 2.74. The number of hydrogen-bond donors (Lipinski definition) is 1. The van der Waals surface area contributed by atoms with Gasteiger partial charge in [0.1, 0.15) is 6.61 Å². The third-order valence-electron chi connectivity index (χ3n) is 2.93. The van der Waals surface area contributed by atoms with Gasteiger partial charge in [-0.15, -0.1) is 0 Å². The quantitative estimate of drug-likeness (QED) is 0.478. The first-order chi connectivity index (χ1) is 8.18.